The molecule has 0 radical (unpaired) electrons. The lowest BCUT2D eigenvalue weighted by Gasteiger charge is -2.02. The number of hydrogen-bond donors (Lipinski definition) is 1. The highest BCUT2D eigenvalue weighted by molar-refractivity contribution is 5.97. The first kappa shape index (κ1) is 8.69. The smallest absolute Gasteiger partial charge is 0.252 e. The van der Waals surface area contributed by atoms with Crippen LogP contribution in [0.2, 0.25) is 0 Å². The number of fused-ring (bicyclic) bond motifs is 1. The Balaban J connectivity index is 3.03. The minimum absolute atomic E-state index is 0.203. The van der Waals surface area contributed by atoms with Gasteiger partial charge in [-0.1, -0.05) is 18.2 Å². The SMILES string of the molecule is Cc1c(C=O)c2ccccc2[nH]c1=O. The Hall–Kier alpha value is -1.90. The van der Waals surface area contributed by atoms with E-state index < -0.39 is 0 Å². The number of aromatic amines is 1. The predicted octanol–water partition coefficient (Wildman–Crippen LogP) is 1.65. The van der Waals surface area contributed by atoms with Gasteiger partial charge in [0.1, 0.15) is 0 Å². The van der Waals surface area contributed by atoms with Crippen LogP contribution in [-0.2, 0) is 0 Å². The lowest BCUT2D eigenvalue weighted by molar-refractivity contribution is 0.112. The third kappa shape index (κ3) is 1.14. The molecular formula is C11H9NO2. The fraction of sp³-hybridized carbons (Fsp3) is 0.0909. The summed E-state index contributed by atoms with van der Waals surface area (Å²) in [5.74, 6) is 0. The number of pyridine rings is 1. The first-order valence-electron chi connectivity index (χ1n) is 4.31. The number of hydrogen-bond acceptors (Lipinski definition) is 2. The molecule has 0 saturated heterocycles. The Bertz CT molecular complexity index is 555. The number of nitrogens with one attached hydrogen (secondary N) is 1. The largest absolute Gasteiger partial charge is 0.322 e. The van der Waals surface area contributed by atoms with Crippen molar-refractivity contribution in [2.75, 3.05) is 0 Å². The highest BCUT2D eigenvalue weighted by atomic mass is 16.1. The number of aromatic nitrogens is 1. The van der Waals surface area contributed by atoms with Gasteiger partial charge in [-0.05, 0) is 13.0 Å². The highest BCUT2D eigenvalue weighted by Crippen LogP contribution is 2.15. The number of benzene rings is 1. The summed E-state index contributed by atoms with van der Waals surface area (Å²) in [7, 11) is 0. The maximum Gasteiger partial charge on any atom is 0.252 e. The number of carbonyl (C=O) groups excluding carboxylic acids is 1. The van der Waals surface area contributed by atoms with Crippen LogP contribution < -0.4 is 5.56 Å². The minimum Gasteiger partial charge on any atom is -0.322 e. The van der Waals surface area contributed by atoms with Crippen molar-refractivity contribution in [2.24, 2.45) is 0 Å². The topological polar surface area (TPSA) is 49.9 Å². The molecule has 70 valence electrons. The molecule has 0 amide bonds. The van der Waals surface area contributed by atoms with Gasteiger partial charge in [-0.25, -0.2) is 0 Å². The van der Waals surface area contributed by atoms with Crippen molar-refractivity contribution in [1.29, 1.82) is 0 Å². The van der Waals surface area contributed by atoms with Gasteiger partial charge < -0.3 is 4.98 Å². The van der Waals surface area contributed by atoms with Crippen LogP contribution in [0.4, 0.5) is 0 Å². The van der Waals surface area contributed by atoms with E-state index in [4.69, 9.17) is 0 Å². The first-order valence-corrected chi connectivity index (χ1v) is 4.31. The van der Waals surface area contributed by atoms with Gasteiger partial charge in [0.2, 0.25) is 0 Å². The molecule has 0 aliphatic carbocycles. The van der Waals surface area contributed by atoms with Gasteiger partial charge in [0, 0.05) is 22.0 Å². The Morgan fingerprint density at radius 1 is 1.29 bits per heavy atom. The Labute approximate surface area is 80.4 Å². The van der Waals surface area contributed by atoms with Gasteiger partial charge >= 0.3 is 0 Å². The van der Waals surface area contributed by atoms with E-state index in [9.17, 15) is 9.59 Å². The Morgan fingerprint density at radius 2 is 2.00 bits per heavy atom. The molecule has 0 atom stereocenters. The van der Waals surface area contributed by atoms with Crippen LogP contribution in [0, 0.1) is 6.92 Å². The molecule has 1 aromatic carbocycles. The van der Waals surface area contributed by atoms with Gasteiger partial charge in [0.05, 0.1) is 0 Å². The van der Waals surface area contributed by atoms with E-state index in [2.05, 4.69) is 4.98 Å². The zero-order valence-electron chi connectivity index (χ0n) is 7.70. The van der Waals surface area contributed by atoms with Crippen LogP contribution in [-0.4, -0.2) is 11.3 Å². The van der Waals surface area contributed by atoms with Gasteiger partial charge in [-0.3, -0.25) is 9.59 Å². The molecule has 1 N–H and O–H groups in total. The van der Waals surface area contributed by atoms with Crippen LogP contribution in [0.25, 0.3) is 10.9 Å². The lowest BCUT2D eigenvalue weighted by Crippen LogP contribution is -2.12. The van der Waals surface area contributed by atoms with E-state index in [1.807, 2.05) is 18.2 Å². The van der Waals surface area contributed by atoms with E-state index >= 15 is 0 Å². The molecule has 0 bridgehead atoms. The monoisotopic (exact) mass is 187 g/mol. The van der Waals surface area contributed by atoms with Crippen molar-refractivity contribution in [3.8, 4) is 0 Å². The summed E-state index contributed by atoms with van der Waals surface area (Å²) >= 11 is 0. The highest BCUT2D eigenvalue weighted by Gasteiger charge is 2.06. The summed E-state index contributed by atoms with van der Waals surface area (Å²) in [5, 5.41) is 0.791. The van der Waals surface area contributed by atoms with Crippen molar-refractivity contribution >= 4 is 17.2 Å². The average molecular weight is 187 g/mol. The summed E-state index contributed by atoms with van der Waals surface area (Å²) in [4.78, 5) is 25.0. The van der Waals surface area contributed by atoms with Gasteiger partial charge in [-0.15, -0.1) is 0 Å². The molecule has 0 unspecified atom stereocenters. The van der Waals surface area contributed by atoms with Gasteiger partial charge in [0.15, 0.2) is 6.29 Å². The number of aldehydes is 1. The number of carbonyl (C=O) groups is 1. The van der Waals surface area contributed by atoms with Crippen LogP contribution >= 0.6 is 0 Å². The molecule has 3 nitrogen and oxygen atoms in total. The molecule has 14 heavy (non-hydrogen) atoms. The summed E-state index contributed by atoms with van der Waals surface area (Å²) < 4.78 is 0. The number of rotatable bonds is 1. The van der Waals surface area contributed by atoms with Crippen LogP contribution in [0.3, 0.4) is 0 Å². The van der Waals surface area contributed by atoms with Crippen molar-refractivity contribution < 1.29 is 4.79 Å². The fourth-order valence-electron chi connectivity index (χ4n) is 1.52. The van der Waals surface area contributed by atoms with Crippen LogP contribution in [0.15, 0.2) is 29.1 Å². The molecule has 1 aromatic heterocycles. The molecule has 0 aliphatic heterocycles. The summed E-state index contributed by atoms with van der Waals surface area (Å²) in [6.07, 6.45) is 0.729. The van der Waals surface area contributed by atoms with E-state index in [0.717, 1.165) is 11.7 Å². The summed E-state index contributed by atoms with van der Waals surface area (Å²) in [5.41, 5.74) is 1.44. The first-order chi connectivity index (χ1) is 6.74. The molecule has 2 aromatic rings. The van der Waals surface area contributed by atoms with Crippen molar-refractivity contribution in [1.82, 2.24) is 4.98 Å². The second kappa shape index (κ2) is 3.10. The van der Waals surface area contributed by atoms with Crippen molar-refractivity contribution in [3.63, 3.8) is 0 Å². The number of para-hydroxylation sites is 1. The zero-order chi connectivity index (χ0) is 10.1. The van der Waals surface area contributed by atoms with Crippen molar-refractivity contribution in [2.45, 2.75) is 6.92 Å². The second-order valence-corrected chi connectivity index (χ2v) is 3.16. The normalized spacial score (nSPS) is 10.4. The predicted molar refractivity (Wildman–Crippen MR) is 54.7 cm³/mol. The average Bonchev–Trinajstić information content (AvgIpc) is 2.20. The molecule has 2 rings (SSSR count). The quantitative estimate of drug-likeness (QED) is 0.690. The van der Waals surface area contributed by atoms with E-state index in [1.54, 1.807) is 13.0 Å². The lowest BCUT2D eigenvalue weighted by atomic mass is 10.1. The van der Waals surface area contributed by atoms with E-state index in [1.165, 1.54) is 0 Å². The van der Waals surface area contributed by atoms with Crippen molar-refractivity contribution in [3.05, 3.63) is 45.7 Å². The molecule has 0 spiro atoms. The number of H-pyrrole nitrogens is 1. The molecule has 3 heteroatoms. The maximum atomic E-state index is 11.4. The van der Waals surface area contributed by atoms with Crippen LogP contribution in [0.5, 0.6) is 0 Å². The molecule has 1 heterocycles. The zero-order valence-corrected chi connectivity index (χ0v) is 7.70. The third-order valence-corrected chi connectivity index (χ3v) is 2.33. The third-order valence-electron chi connectivity index (χ3n) is 2.33. The van der Waals surface area contributed by atoms with Gasteiger partial charge in [-0.2, -0.15) is 0 Å². The Morgan fingerprint density at radius 3 is 2.71 bits per heavy atom. The minimum atomic E-state index is -0.203. The molecule has 0 fully saturated rings. The van der Waals surface area contributed by atoms with Gasteiger partial charge in [0.25, 0.3) is 5.56 Å². The Kier molecular flexibility index (Phi) is 1.93. The van der Waals surface area contributed by atoms with E-state index in [0.29, 0.717) is 16.6 Å². The summed E-state index contributed by atoms with van der Waals surface area (Å²) in [6.45, 7) is 1.65. The molecule has 0 aliphatic rings. The van der Waals surface area contributed by atoms with Crippen LogP contribution in [0.1, 0.15) is 15.9 Å². The molecule has 0 saturated carbocycles. The standard InChI is InChI=1S/C11H9NO2/c1-7-9(6-13)8-4-2-3-5-10(8)12-11(7)14/h2-6H,1H3,(H,12,14). The molecular weight excluding hydrogens is 178 g/mol. The summed E-state index contributed by atoms with van der Waals surface area (Å²) in [6, 6.07) is 7.26. The maximum absolute atomic E-state index is 11.4. The van der Waals surface area contributed by atoms with E-state index in [-0.39, 0.29) is 5.56 Å². The fourth-order valence-corrected chi connectivity index (χ4v) is 1.52. The second-order valence-electron chi connectivity index (χ2n) is 3.16.